The van der Waals surface area contributed by atoms with Crippen molar-refractivity contribution < 1.29 is 54.2 Å². The number of nitrogens with zero attached hydrogens (tertiary/aromatic N) is 1. The monoisotopic (exact) mass is 542 g/mol. The van der Waals surface area contributed by atoms with Crippen LogP contribution in [0, 0.1) is 0 Å². The van der Waals surface area contributed by atoms with Gasteiger partial charge in [0.15, 0.2) is 0 Å². The Morgan fingerprint density at radius 3 is 2.14 bits per heavy atom. The van der Waals surface area contributed by atoms with E-state index in [1.165, 1.54) is 6.07 Å². The van der Waals surface area contributed by atoms with Gasteiger partial charge in [0.2, 0.25) is 5.91 Å². The molecule has 1 aromatic heterocycles. The van der Waals surface area contributed by atoms with E-state index in [1.807, 2.05) is 5.32 Å². The van der Waals surface area contributed by atoms with Gasteiger partial charge >= 0.3 is 24.6 Å². The van der Waals surface area contributed by atoms with E-state index in [4.69, 9.17) is 5.11 Å². The maximum absolute atomic E-state index is 13.3. The van der Waals surface area contributed by atoms with Crippen molar-refractivity contribution in [1.82, 2.24) is 20.6 Å². The first-order valence-corrected chi connectivity index (χ1v) is 10.1. The summed E-state index contributed by atoms with van der Waals surface area (Å²) in [5.74, 6) is -1.46. The average molecular weight is 542 g/mol. The Bertz CT molecular complexity index is 1310. The lowest BCUT2D eigenvalue weighted by atomic mass is 10.0. The fraction of sp³-hybridized carbons (Fsp3) is 0.286. The summed E-state index contributed by atoms with van der Waals surface area (Å²) in [7, 11) is 0. The summed E-state index contributed by atoms with van der Waals surface area (Å²) in [6.07, 6.45) is -17.2. The number of halogens is 9. The van der Waals surface area contributed by atoms with Crippen LogP contribution in [-0.4, -0.2) is 33.1 Å². The number of carbonyl (C=O) groups excluding carboxylic acids is 1. The number of carbonyl (C=O) groups is 2. The molecule has 200 valence electrons. The van der Waals surface area contributed by atoms with Crippen LogP contribution < -0.4 is 10.6 Å². The summed E-state index contributed by atoms with van der Waals surface area (Å²) in [5, 5.41) is 13.0. The molecule has 2 amide bonds. The minimum Gasteiger partial charge on any atom is -0.465 e. The number of hydrogen-bond acceptors (Lipinski definition) is 3. The zero-order valence-corrected chi connectivity index (χ0v) is 18.1. The molecule has 0 saturated carbocycles. The summed E-state index contributed by atoms with van der Waals surface area (Å²) in [4.78, 5) is 29.5. The second-order valence-electron chi connectivity index (χ2n) is 7.72. The van der Waals surface area contributed by atoms with Crippen LogP contribution in [-0.2, 0) is 36.3 Å². The highest BCUT2D eigenvalue weighted by molar-refractivity contribution is 5.85. The third-order valence-corrected chi connectivity index (χ3v) is 5.01. The number of alkyl halides is 9. The van der Waals surface area contributed by atoms with Gasteiger partial charge in [-0.15, -0.1) is 0 Å². The van der Waals surface area contributed by atoms with Gasteiger partial charge in [-0.05, 0) is 23.8 Å². The number of rotatable bonds is 6. The van der Waals surface area contributed by atoms with Crippen LogP contribution in [0.1, 0.15) is 28.1 Å². The van der Waals surface area contributed by atoms with E-state index in [9.17, 15) is 49.1 Å². The second kappa shape index (κ2) is 9.82. The van der Waals surface area contributed by atoms with Crippen molar-refractivity contribution >= 4 is 23.0 Å². The number of H-pyrrole nitrogens is 1. The molecule has 1 heterocycles. The maximum Gasteiger partial charge on any atom is 0.418 e. The Balaban J connectivity index is 1.83. The van der Waals surface area contributed by atoms with Crippen molar-refractivity contribution in [3.8, 4) is 0 Å². The van der Waals surface area contributed by atoms with E-state index in [0.29, 0.717) is 12.1 Å². The highest BCUT2D eigenvalue weighted by Gasteiger charge is 2.39. The molecule has 2 aromatic carbocycles. The number of hydrogen-bond donors (Lipinski definition) is 4. The average Bonchev–Trinajstić information content (AvgIpc) is 3.17. The molecule has 0 bridgehead atoms. The molecule has 0 aliphatic carbocycles. The molecule has 0 spiro atoms. The normalized spacial score (nSPS) is 13.4. The predicted molar refractivity (Wildman–Crippen MR) is 108 cm³/mol. The lowest BCUT2D eigenvalue weighted by Gasteiger charge is -2.17. The molecule has 0 aliphatic heterocycles. The lowest BCUT2D eigenvalue weighted by Crippen LogP contribution is -2.47. The topological polar surface area (TPSA) is 107 Å². The number of aromatic amines is 1. The highest BCUT2D eigenvalue weighted by Crippen LogP contribution is 2.39. The fourth-order valence-corrected chi connectivity index (χ4v) is 3.39. The van der Waals surface area contributed by atoms with E-state index in [1.54, 1.807) is 0 Å². The van der Waals surface area contributed by atoms with Crippen molar-refractivity contribution in [2.75, 3.05) is 0 Å². The quantitative estimate of drug-likeness (QED) is 0.325. The Hall–Kier alpha value is -3.98. The predicted octanol–water partition coefficient (Wildman–Crippen LogP) is 5.11. The molecule has 3 aromatic rings. The van der Waals surface area contributed by atoms with Crippen LogP contribution in [0.4, 0.5) is 44.3 Å². The molecule has 16 heteroatoms. The Morgan fingerprint density at radius 2 is 1.57 bits per heavy atom. The van der Waals surface area contributed by atoms with Crippen LogP contribution in [0.15, 0.2) is 36.4 Å². The van der Waals surface area contributed by atoms with Gasteiger partial charge in [0.25, 0.3) is 0 Å². The van der Waals surface area contributed by atoms with E-state index in [2.05, 4.69) is 15.3 Å². The van der Waals surface area contributed by atoms with Gasteiger partial charge < -0.3 is 20.7 Å². The van der Waals surface area contributed by atoms with Crippen molar-refractivity contribution in [2.45, 2.75) is 37.5 Å². The SMILES string of the molecule is O=C(O)NC(Cc1cccc(C(F)(F)F)c1)C(=O)NCc1nc2c(C(F)(F)F)cc(C(F)(F)F)cc2[nH]1. The number of fused-ring (bicyclic) bond motifs is 1. The van der Waals surface area contributed by atoms with E-state index in [0.717, 1.165) is 12.1 Å². The second-order valence-corrected chi connectivity index (χ2v) is 7.72. The molecule has 4 N–H and O–H groups in total. The standard InChI is InChI=1S/C21H15F9N4O3/c22-19(23,24)10-3-1-2-9(4-10)5-14(33-18(36)37)17(35)31-8-15-32-13-7-11(20(25,26)27)6-12(16(13)34-15)21(28,29)30/h1-4,6-7,14,33H,5,8H2,(H,31,35)(H,32,34)(H,36,37). The van der Waals surface area contributed by atoms with Crippen LogP contribution in [0.25, 0.3) is 11.0 Å². The minimum absolute atomic E-state index is 0.0537. The number of benzene rings is 2. The zero-order valence-electron chi connectivity index (χ0n) is 18.1. The molecular formula is C21H15F9N4O3. The van der Waals surface area contributed by atoms with Gasteiger partial charge in [-0.1, -0.05) is 18.2 Å². The Kier molecular flexibility index (Phi) is 7.32. The number of aromatic nitrogens is 2. The summed E-state index contributed by atoms with van der Waals surface area (Å²) in [5.41, 5.74) is -5.80. The first-order chi connectivity index (χ1) is 16.9. The van der Waals surface area contributed by atoms with Crippen molar-refractivity contribution in [2.24, 2.45) is 0 Å². The summed E-state index contributed by atoms with van der Waals surface area (Å²) in [6, 6.07) is 2.43. The van der Waals surface area contributed by atoms with Crippen LogP contribution in [0.5, 0.6) is 0 Å². The van der Waals surface area contributed by atoms with Crippen LogP contribution in [0.2, 0.25) is 0 Å². The Morgan fingerprint density at radius 1 is 0.919 bits per heavy atom. The summed E-state index contributed by atoms with van der Waals surface area (Å²) < 4.78 is 118. The first-order valence-electron chi connectivity index (χ1n) is 10.1. The molecule has 7 nitrogen and oxygen atoms in total. The van der Waals surface area contributed by atoms with Gasteiger partial charge in [0.1, 0.15) is 17.4 Å². The number of imidazole rings is 1. The zero-order chi connectivity index (χ0) is 27.8. The first kappa shape index (κ1) is 27.6. The third-order valence-electron chi connectivity index (χ3n) is 5.01. The van der Waals surface area contributed by atoms with E-state index >= 15 is 0 Å². The molecule has 0 radical (unpaired) electrons. The number of nitrogens with one attached hydrogen (secondary N) is 3. The molecular weight excluding hydrogens is 527 g/mol. The fourth-order valence-electron chi connectivity index (χ4n) is 3.39. The third kappa shape index (κ3) is 6.83. The lowest BCUT2D eigenvalue weighted by molar-refractivity contribution is -0.142. The minimum atomic E-state index is -5.18. The molecule has 3 rings (SSSR count). The van der Waals surface area contributed by atoms with Gasteiger partial charge in [0, 0.05) is 6.42 Å². The number of amides is 2. The largest absolute Gasteiger partial charge is 0.465 e. The van der Waals surface area contributed by atoms with Gasteiger partial charge in [0.05, 0.1) is 28.8 Å². The van der Waals surface area contributed by atoms with Gasteiger partial charge in [-0.25, -0.2) is 9.78 Å². The maximum atomic E-state index is 13.3. The molecule has 1 atom stereocenters. The molecule has 1 unspecified atom stereocenters. The summed E-state index contributed by atoms with van der Waals surface area (Å²) >= 11 is 0. The smallest absolute Gasteiger partial charge is 0.418 e. The van der Waals surface area contributed by atoms with Crippen molar-refractivity contribution in [1.29, 1.82) is 0 Å². The molecule has 37 heavy (non-hydrogen) atoms. The van der Waals surface area contributed by atoms with Crippen molar-refractivity contribution in [3.05, 3.63) is 64.5 Å². The van der Waals surface area contributed by atoms with Crippen LogP contribution >= 0.6 is 0 Å². The van der Waals surface area contributed by atoms with Crippen LogP contribution in [0.3, 0.4) is 0 Å². The molecule has 0 saturated heterocycles. The summed E-state index contributed by atoms with van der Waals surface area (Å²) in [6.45, 7) is -0.660. The van der Waals surface area contributed by atoms with Gasteiger partial charge in [-0.2, -0.15) is 39.5 Å². The molecule has 0 fully saturated rings. The van der Waals surface area contributed by atoms with Gasteiger partial charge in [-0.3, -0.25) is 4.79 Å². The molecule has 0 aliphatic rings. The Labute approximate surface area is 200 Å². The van der Waals surface area contributed by atoms with Crippen molar-refractivity contribution in [3.63, 3.8) is 0 Å². The highest BCUT2D eigenvalue weighted by atomic mass is 19.4. The number of carboxylic acid groups (broad SMARTS) is 1. The van der Waals surface area contributed by atoms with E-state index in [-0.39, 0.29) is 17.5 Å². The van der Waals surface area contributed by atoms with E-state index < -0.39 is 77.3 Å².